The van der Waals surface area contributed by atoms with Gasteiger partial charge in [-0.1, -0.05) is 12.1 Å². The zero-order valence-corrected chi connectivity index (χ0v) is 15.4. The minimum atomic E-state index is -0.403. The molecule has 0 atom stereocenters. The lowest BCUT2D eigenvalue weighted by Gasteiger charge is -2.18. The molecule has 0 radical (unpaired) electrons. The molecule has 1 aromatic heterocycles. The summed E-state index contributed by atoms with van der Waals surface area (Å²) in [5.41, 5.74) is 2.68. The predicted molar refractivity (Wildman–Crippen MR) is 109 cm³/mol. The number of nitrogens with zero attached hydrogens (tertiary/aromatic N) is 1. The number of para-hydroxylation sites is 1. The van der Waals surface area contributed by atoms with Gasteiger partial charge >= 0.3 is 0 Å². The molecule has 0 unspecified atom stereocenters. The summed E-state index contributed by atoms with van der Waals surface area (Å²) >= 11 is 0. The lowest BCUT2D eigenvalue weighted by atomic mass is 10.1. The van der Waals surface area contributed by atoms with E-state index in [-0.39, 0.29) is 11.7 Å². The summed E-state index contributed by atoms with van der Waals surface area (Å²) < 4.78 is 5.10. The smallest absolute Gasteiger partial charge is 0.291 e. The van der Waals surface area contributed by atoms with Gasteiger partial charge in [-0.25, -0.2) is 0 Å². The molecule has 0 saturated carbocycles. The topological polar surface area (TPSA) is 74.6 Å². The molecule has 2 heterocycles. The molecular formula is C22H21N3O3. The Kier molecular flexibility index (Phi) is 5.10. The van der Waals surface area contributed by atoms with Gasteiger partial charge in [0.25, 0.3) is 11.8 Å². The first-order valence-corrected chi connectivity index (χ1v) is 9.31. The predicted octanol–water partition coefficient (Wildman–Crippen LogP) is 4.38. The lowest BCUT2D eigenvalue weighted by Crippen LogP contribution is -2.18. The van der Waals surface area contributed by atoms with Crippen LogP contribution in [0.3, 0.4) is 0 Å². The van der Waals surface area contributed by atoms with E-state index in [1.165, 1.54) is 24.8 Å². The Morgan fingerprint density at radius 1 is 0.821 bits per heavy atom. The maximum Gasteiger partial charge on any atom is 0.291 e. The standard InChI is InChI=1S/C22H21N3O3/c26-21(23-16-9-11-17(12-10-16)25-13-3-4-14-25)18-6-1-2-7-19(18)24-22(27)20-8-5-15-28-20/h1-2,5-12,15H,3-4,13-14H2,(H,23,26)(H,24,27). The number of hydrogen-bond acceptors (Lipinski definition) is 4. The fourth-order valence-corrected chi connectivity index (χ4v) is 3.31. The van der Waals surface area contributed by atoms with E-state index < -0.39 is 5.91 Å². The number of carbonyl (C=O) groups is 2. The highest BCUT2D eigenvalue weighted by molar-refractivity contribution is 6.12. The number of amides is 2. The molecule has 2 aromatic carbocycles. The first kappa shape index (κ1) is 17.9. The number of furan rings is 1. The Bertz CT molecular complexity index is 959. The van der Waals surface area contributed by atoms with Crippen LogP contribution in [-0.4, -0.2) is 24.9 Å². The first-order chi connectivity index (χ1) is 13.7. The quantitative estimate of drug-likeness (QED) is 0.694. The van der Waals surface area contributed by atoms with Gasteiger partial charge < -0.3 is 20.0 Å². The van der Waals surface area contributed by atoms with Gasteiger partial charge in [-0.15, -0.1) is 0 Å². The molecule has 0 aliphatic carbocycles. The van der Waals surface area contributed by atoms with Gasteiger partial charge in [-0.3, -0.25) is 9.59 Å². The van der Waals surface area contributed by atoms with E-state index in [4.69, 9.17) is 4.42 Å². The van der Waals surface area contributed by atoms with Gasteiger partial charge in [0.2, 0.25) is 0 Å². The van der Waals surface area contributed by atoms with Gasteiger partial charge in [0.05, 0.1) is 17.5 Å². The van der Waals surface area contributed by atoms with Crippen LogP contribution in [0.25, 0.3) is 0 Å². The van der Waals surface area contributed by atoms with Crippen molar-refractivity contribution in [3.63, 3.8) is 0 Å². The number of nitrogens with one attached hydrogen (secondary N) is 2. The lowest BCUT2D eigenvalue weighted by molar-refractivity contribution is 0.0996. The number of anilines is 3. The second-order valence-electron chi connectivity index (χ2n) is 6.67. The van der Waals surface area contributed by atoms with E-state index in [0.29, 0.717) is 16.9 Å². The molecule has 6 nitrogen and oxygen atoms in total. The third-order valence-electron chi connectivity index (χ3n) is 4.76. The Morgan fingerprint density at radius 3 is 2.29 bits per heavy atom. The van der Waals surface area contributed by atoms with Crippen molar-refractivity contribution < 1.29 is 14.0 Å². The molecule has 28 heavy (non-hydrogen) atoms. The molecule has 3 aromatic rings. The highest BCUT2D eigenvalue weighted by Crippen LogP contribution is 2.23. The molecule has 2 N–H and O–H groups in total. The van der Waals surface area contributed by atoms with Gasteiger partial charge in [0.1, 0.15) is 0 Å². The zero-order valence-electron chi connectivity index (χ0n) is 15.4. The second kappa shape index (κ2) is 8.00. The van der Waals surface area contributed by atoms with Crippen molar-refractivity contribution in [1.82, 2.24) is 0 Å². The number of benzene rings is 2. The Balaban J connectivity index is 1.46. The van der Waals surface area contributed by atoms with Crippen molar-refractivity contribution in [2.75, 3.05) is 28.6 Å². The monoisotopic (exact) mass is 375 g/mol. The SMILES string of the molecule is O=C(Nc1ccccc1C(=O)Nc1ccc(N2CCCC2)cc1)c1ccco1. The zero-order chi connectivity index (χ0) is 19.3. The van der Waals surface area contributed by atoms with Crippen molar-refractivity contribution in [3.05, 3.63) is 78.3 Å². The van der Waals surface area contributed by atoms with E-state index in [1.807, 2.05) is 24.3 Å². The van der Waals surface area contributed by atoms with Gasteiger partial charge in [0.15, 0.2) is 5.76 Å². The van der Waals surface area contributed by atoms with Crippen LogP contribution in [0.1, 0.15) is 33.8 Å². The molecule has 6 heteroatoms. The normalized spacial score (nSPS) is 13.4. The molecule has 1 aliphatic heterocycles. The summed E-state index contributed by atoms with van der Waals surface area (Å²) in [5, 5.41) is 5.62. The molecular weight excluding hydrogens is 354 g/mol. The Morgan fingerprint density at radius 2 is 1.57 bits per heavy atom. The molecule has 1 aliphatic rings. The molecule has 1 saturated heterocycles. The second-order valence-corrected chi connectivity index (χ2v) is 6.67. The summed E-state index contributed by atoms with van der Waals surface area (Å²) in [4.78, 5) is 27.3. The van der Waals surface area contributed by atoms with E-state index in [2.05, 4.69) is 15.5 Å². The average molecular weight is 375 g/mol. The van der Waals surface area contributed by atoms with Gasteiger partial charge in [-0.2, -0.15) is 0 Å². The van der Waals surface area contributed by atoms with Gasteiger partial charge in [-0.05, 0) is 61.4 Å². The van der Waals surface area contributed by atoms with Crippen LogP contribution in [0.2, 0.25) is 0 Å². The molecule has 4 rings (SSSR count). The fraction of sp³-hybridized carbons (Fsp3) is 0.182. The number of carbonyl (C=O) groups excluding carboxylic acids is 2. The Labute approximate surface area is 163 Å². The minimum Gasteiger partial charge on any atom is -0.459 e. The van der Waals surface area contributed by atoms with E-state index in [9.17, 15) is 9.59 Å². The van der Waals surface area contributed by atoms with Crippen LogP contribution in [0, 0.1) is 0 Å². The van der Waals surface area contributed by atoms with E-state index >= 15 is 0 Å². The van der Waals surface area contributed by atoms with E-state index in [1.54, 1.807) is 36.4 Å². The van der Waals surface area contributed by atoms with Crippen molar-refractivity contribution in [2.45, 2.75) is 12.8 Å². The summed E-state index contributed by atoms with van der Waals surface area (Å²) in [6.45, 7) is 2.16. The fourth-order valence-electron chi connectivity index (χ4n) is 3.31. The minimum absolute atomic E-state index is 0.188. The summed E-state index contributed by atoms with van der Waals surface area (Å²) in [6.07, 6.45) is 3.87. The Hall–Kier alpha value is -3.54. The first-order valence-electron chi connectivity index (χ1n) is 9.31. The van der Waals surface area contributed by atoms with Crippen LogP contribution < -0.4 is 15.5 Å². The molecule has 0 bridgehead atoms. The average Bonchev–Trinajstić information content (AvgIpc) is 3.43. The van der Waals surface area contributed by atoms with Crippen LogP contribution in [0.4, 0.5) is 17.1 Å². The van der Waals surface area contributed by atoms with Crippen LogP contribution in [0.15, 0.2) is 71.3 Å². The molecule has 0 spiro atoms. The van der Waals surface area contributed by atoms with Crippen LogP contribution >= 0.6 is 0 Å². The summed E-state index contributed by atoms with van der Waals surface area (Å²) in [6, 6.07) is 17.9. The highest BCUT2D eigenvalue weighted by Gasteiger charge is 2.16. The summed E-state index contributed by atoms with van der Waals surface area (Å²) in [5.74, 6) is -0.503. The maximum absolute atomic E-state index is 12.7. The van der Waals surface area contributed by atoms with Crippen LogP contribution in [-0.2, 0) is 0 Å². The number of rotatable bonds is 5. The van der Waals surface area contributed by atoms with Crippen molar-refractivity contribution >= 4 is 28.9 Å². The summed E-state index contributed by atoms with van der Waals surface area (Å²) in [7, 11) is 0. The third kappa shape index (κ3) is 3.91. The number of hydrogen-bond donors (Lipinski definition) is 2. The molecule has 2 amide bonds. The van der Waals surface area contributed by atoms with Crippen LogP contribution in [0.5, 0.6) is 0 Å². The highest BCUT2D eigenvalue weighted by atomic mass is 16.3. The van der Waals surface area contributed by atoms with Crippen molar-refractivity contribution in [3.8, 4) is 0 Å². The molecule has 1 fully saturated rings. The van der Waals surface area contributed by atoms with Crippen molar-refractivity contribution in [2.24, 2.45) is 0 Å². The third-order valence-corrected chi connectivity index (χ3v) is 4.76. The maximum atomic E-state index is 12.7. The largest absolute Gasteiger partial charge is 0.459 e. The molecule has 142 valence electrons. The van der Waals surface area contributed by atoms with E-state index in [0.717, 1.165) is 13.1 Å². The van der Waals surface area contributed by atoms with Crippen molar-refractivity contribution in [1.29, 1.82) is 0 Å². The van der Waals surface area contributed by atoms with Gasteiger partial charge in [0, 0.05) is 24.5 Å².